The molecule has 3 nitrogen and oxygen atoms in total. The van der Waals surface area contributed by atoms with Crippen LogP contribution in [0.1, 0.15) is 11.1 Å². The summed E-state index contributed by atoms with van der Waals surface area (Å²) in [6, 6.07) is 9.21. The van der Waals surface area contributed by atoms with E-state index in [-0.39, 0.29) is 11.0 Å². The Hall–Kier alpha value is -2.26. The molecule has 2 aromatic rings. The lowest BCUT2D eigenvalue weighted by atomic mass is 10.2. The maximum Gasteiger partial charge on any atom is 0.416 e. The van der Waals surface area contributed by atoms with E-state index in [1.807, 2.05) is 6.07 Å². The van der Waals surface area contributed by atoms with E-state index in [9.17, 15) is 13.2 Å². The highest BCUT2D eigenvalue weighted by molar-refractivity contribution is 6.29. The Kier molecular flexibility index (Phi) is 3.81. The maximum absolute atomic E-state index is 12.4. The van der Waals surface area contributed by atoms with Gasteiger partial charge in [0.1, 0.15) is 11.0 Å². The Bertz CT molecular complexity index is 660. The Morgan fingerprint density at radius 3 is 2.35 bits per heavy atom. The van der Waals surface area contributed by atoms with E-state index in [0.29, 0.717) is 11.3 Å². The third-order valence-corrected chi connectivity index (χ3v) is 2.60. The molecule has 0 aliphatic heterocycles. The number of hydrogen-bond donors (Lipinski definition) is 1. The number of nitriles is 1. The molecule has 7 heteroatoms. The summed E-state index contributed by atoms with van der Waals surface area (Å²) in [6.45, 7) is 0. The van der Waals surface area contributed by atoms with Crippen LogP contribution in [-0.2, 0) is 6.18 Å². The zero-order valence-electron chi connectivity index (χ0n) is 9.87. The molecule has 0 unspecified atom stereocenters. The summed E-state index contributed by atoms with van der Waals surface area (Å²) >= 11 is 5.73. The van der Waals surface area contributed by atoms with Crippen LogP contribution in [0, 0.1) is 11.3 Å². The number of nitrogens with one attached hydrogen (secondary N) is 1. The predicted molar refractivity (Wildman–Crippen MR) is 68.7 cm³/mol. The summed E-state index contributed by atoms with van der Waals surface area (Å²) in [5.74, 6) is 0.286. The highest BCUT2D eigenvalue weighted by atomic mass is 35.5. The Morgan fingerprint density at radius 2 is 1.80 bits per heavy atom. The van der Waals surface area contributed by atoms with Gasteiger partial charge in [-0.25, -0.2) is 4.98 Å². The molecule has 0 atom stereocenters. The van der Waals surface area contributed by atoms with Gasteiger partial charge < -0.3 is 5.32 Å². The average molecular weight is 298 g/mol. The number of nitrogens with zero attached hydrogens (tertiary/aromatic N) is 2. The minimum atomic E-state index is -4.37. The van der Waals surface area contributed by atoms with Crippen LogP contribution < -0.4 is 5.32 Å². The maximum atomic E-state index is 12.4. The summed E-state index contributed by atoms with van der Waals surface area (Å²) in [5, 5.41) is 11.7. The number of hydrogen-bond acceptors (Lipinski definition) is 3. The van der Waals surface area contributed by atoms with Gasteiger partial charge in [-0.15, -0.1) is 0 Å². The molecule has 102 valence electrons. The Labute approximate surface area is 117 Å². The van der Waals surface area contributed by atoms with Crippen molar-refractivity contribution < 1.29 is 13.2 Å². The van der Waals surface area contributed by atoms with Crippen LogP contribution >= 0.6 is 11.6 Å². The van der Waals surface area contributed by atoms with E-state index >= 15 is 0 Å². The topological polar surface area (TPSA) is 48.7 Å². The molecular weight excluding hydrogens is 291 g/mol. The van der Waals surface area contributed by atoms with E-state index in [0.717, 1.165) is 12.1 Å². The third kappa shape index (κ3) is 3.39. The van der Waals surface area contributed by atoms with Crippen LogP contribution in [0.5, 0.6) is 0 Å². The van der Waals surface area contributed by atoms with Crippen molar-refractivity contribution in [2.45, 2.75) is 6.18 Å². The molecule has 1 aromatic heterocycles. The minimum Gasteiger partial charge on any atom is -0.340 e. The van der Waals surface area contributed by atoms with E-state index in [1.54, 1.807) is 0 Å². The van der Waals surface area contributed by atoms with Crippen LogP contribution in [0.15, 0.2) is 36.4 Å². The van der Waals surface area contributed by atoms with Crippen molar-refractivity contribution in [3.63, 3.8) is 0 Å². The van der Waals surface area contributed by atoms with E-state index in [2.05, 4.69) is 10.3 Å². The van der Waals surface area contributed by atoms with Crippen molar-refractivity contribution in [2.24, 2.45) is 0 Å². The molecule has 1 N–H and O–H groups in total. The van der Waals surface area contributed by atoms with Gasteiger partial charge in [-0.1, -0.05) is 11.6 Å². The standard InChI is InChI=1S/C13H7ClF3N3/c14-11-5-8(7-18)6-12(20-11)19-10-3-1-9(2-4-10)13(15,16)17/h1-6H,(H,19,20). The van der Waals surface area contributed by atoms with Crippen molar-refractivity contribution in [3.05, 3.63) is 52.7 Å². The van der Waals surface area contributed by atoms with Crippen molar-refractivity contribution in [2.75, 3.05) is 5.32 Å². The minimum absolute atomic E-state index is 0.124. The number of aromatic nitrogens is 1. The number of halogens is 4. The molecule has 2 rings (SSSR count). The van der Waals surface area contributed by atoms with Gasteiger partial charge in [-0.3, -0.25) is 0 Å². The predicted octanol–water partition coefficient (Wildman–Crippen LogP) is 4.37. The first-order chi connectivity index (χ1) is 9.38. The highest BCUT2D eigenvalue weighted by Crippen LogP contribution is 2.30. The fourth-order valence-electron chi connectivity index (χ4n) is 1.52. The molecule has 1 heterocycles. The van der Waals surface area contributed by atoms with Gasteiger partial charge in [-0.05, 0) is 36.4 Å². The first kappa shape index (κ1) is 14.2. The molecule has 0 bridgehead atoms. The second-order valence-electron chi connectivity index (χ2n) is 3.88. The van der Waals surface area contributed by atoms with Gasteiger partial charge in [0.2, 0.25) is 0 Å². The lowest BCUT2D eigenvalue weighted by Crippen LogP contribution is -2.04. The average Bonchev–Trinajstić information content (AvgIpc) is 2.37. The third-order valence-electron chi connectivity index (χ3n) is 2.41. The molecular formula is C13H7ClF3N3. The largest absolute Gasteiger partial charge is 0.416 e. The summed E-state index contributed by atoms with van der Waals surface area (Å²) < 4.78 is 37.2. The monoisotopic (exact) mass is 297 g/mol. The van der Waals surface area contributed by atoms with E-state index in [4.69, 9.17) is 16.9 Å². The normalized spacial score (nSPS) is 10.9. The van der Waals surface area contributed by atoms with Crippen LogP contribution in [0.25, 0.3) is 0 Å². The molecule has 0 spiro atoms. The van der Waals surface area contributed by atoms with Gasteiger partial charge in [0, 0.05) is 5.69 Å². The van der Waals surface area contributed by atoms with Gasteiger partial charge in [0.25, 0.3) is 0 Å². The quantitative estimate of drug-likeness (QED) is 0.837. The fraction of sp³-hybridized carbons (Fsp3) is 0.0769. The molecule has 0 aliphatic carbocycles. The second-order valence-corrected chi connectivity index (χ2v) is 4.26. The van der Waals surface area contributed by atoms with Gasteiger partial charge in [-0.2, -0.15) is 18.4 Å². The number of benzene rings is 1. The van der Waals surface area contributed by atoms with E-state index < -0.39 is 11.7 Å². The van der Waals surface area contributed by atoms with Crippen molar-refractivity contribution >= 4 is 23.1 Å². The molecule has 0 amide bonds. The molecule has 0 saturated heterocycles. The van der Waals surface area contributed by atoms with Crippen molar-refractivity contribution in [1.29, 1.82) is 5.26 Å². The van der Waals surface area contributed by atoms with Crippen molar-refractivity contribution in [3.8, 4) is 6.07 Å². The van der Waals surface area contributed by atoms with Crippen LogP contribution in [0.4, 0.5) is 24.7 Å². The first-order valence-electron chi connectivity index (χ1n) is 5.40. The summed E-state index contributed by atoms with van der Waals surface area (Å²) in [7, 11) is 0. The van der Waals surface area contributed by atoms with Crippen LogP contribution in [-0.4, -0.2) is 4.98 Å². The first-order valence-corrected chi connectivity index (χ1v) is 5.78. The Balaban J connectivity index is 2.23. The zero-order valence-corrected chi connectivity index (χ0v) is 10.6. The van der Waals surface area contributed by atoms with Gasteiger partial charge >= 0.3 is 6.18 Å². The van der Waals surface area contributed by atoms with E-state index in [1.165, 1.54) is 24.3 Å². The lowest BCUT2D eigenvalue weighted by molar-refractivity contribution is -0.137. The molecule has 0 radical (unpaired) electrons. The molecule has 0 fully saturated rings. The Morgan fingerprint density at radius 1 is 1.15 bits per heavy atom. The van der Waals surface area contributed by atoms with Gasteiger partial charge in [0.15, 0.2) is 0 Å². The molecule has 20 heavy (non-hydrogen) atoms. The van der Waals surface area contributed by atoms with Crippen molar-refractivity contribution in [1.82, 2.24) is 4.98 Å². The highest BCUT2D eigenvalue weighted by Gasteiger charge is 2.29. The number of rotatable bonds is 2. The number of alkyl halides is 3. The number of pyridine rings is 1. The second kappa shape index (κ2) is 5.39. The number of anilines is 2. The van der Waals surface area contributed by atoms with Crippen LogP contribution in [0.3, 0.4) is 0 Å². The molecule has 1 aromatic carbocycles. The lowest BCUT2D eigenvalue weighted by Gasteiger charge is -2.09. The smallest absolute Gasteiger partial charge is 0.340 e. The summed E-state index contributed by atoms with van der Waals surface area (Å²) in [4.78, 5) is 3.93. The van der Waals surface area contributed by atoms with Gasteiger partial charge in [0.05, 0.1) is 17.2 Å². The molecule has 0 saturated carbocycles. The summed E-state index contributed by atoms with van der Waals surface area (Å²) in [5.41, 5.74) is -0.0177. The zero-order chi connectivity index (χ0) is 14.8. The molecule has 0 aliphatic rings. The van der Waals surface area contributed by atoms with Crippen LogP contribution in [0.2, 0.25) is 5.15 Å². The SMILES string of the molecule is N#Cc1cc(Cl)nc(Nc2ccc(C(F)(F)F)cc2)c1. The summed E-state index contributed by atoms with van der Waals surface area (Å²) in [6.07, 6.45) is -4.37. The fourth-order valence-corrected chi connectivity index (χ4v) is 1.72.